The van der Waals surface area contributed by atoms with Crippen molar-refractivity contribution in [3.8, 4) is 10.6 Å². The highest BCUT2D eigenvalue weighted by atomic mass is 32.2. The van der Waals surface area contributed by atoms with Crippen molar-refractivity contribution in [2.24, 2.45) is 0 Å². The van der Waals surface area contributed by atoms with Crippen LogP contribution in [0.1, 0.15) is 10.4 Å². The van der Waals surface area contributed by atoms with E-state index < -0.39 is 32.3 Å². The van der Waals surface area contributed by atoms with E-state index in [9.17, 15) is 22.7 Å². The van der Waals surface area contributed by atoms with Crippen LogP contribution in [0.5, 0.6) is 0 Å². The molecule has 0 saturated heterocycles. The van der Waals surface area contributed by atoms with E-state index in [2.05, 4.69) is 9.71 Å². The highest BCUT2D eigenvalue weighted by Crippen LogP contribution is 2.29. The zero-order valence-electron chi connectivity index (χ0n) is 11.7. The summed E-state index contributed by atoms with van der Waals surface area (Å²) < 4.78 is 40.2. The minimum Gasteiger partial charge on any atom is -0.545 e. The molecule has 1 N–H and O–H groups in total. The highest BCUT2D eigenvalue weighted by molar-refractivity contribution is 7.93. The molecule has 6 nitrogen and oxygen atoms in total. The van der Waals surface area contributed by atoms with Gasteiger partial charge in [0.2, 0.25) is 0 Å². The molecule has 0 amide bonds. The Morgan fingerprint density at radius 2 is 2.04 bits per heavy atom. The summed E-state index contributed by atoms with van der Waals surface area (Å²) in [7, 11) is -4.10. The number of nitrogens with one attached hydrogen (secondary N) is 1. The molecule has 10 heteroatoms. The van der Waals surface area contributed by atoms with Crippen molar-refractivity contribution in [3.63, 3.8) is 0 Å². The van der Waals surface area contributed by atoms with Gasteiger partial charge in [0, 0.05) is 10.9 Å². The molecule has 1 aromatic carbocycles. The van der Waals surface area contributed by atoms with Gasteiger partial charge in [0.1, 0.15) is 5.82 Å². The molecule has 0 aliphatic rings. The maximum atomic E-state index is 13.4. The first-order chi connectivity index (χ1) is 11.4. The number of halogens is 1. The largest absolute Gasteiger partial charge is 0.545 e. The topological polar surface area (TPSA) is 99.2 Å². The van der Waals surface area contributed by atoms with E-state index in [4.69, 9.17) is 0 Å². The Bertz CT molecular complexity index is 997. The molecule has 2 aromatic heterocycles. The molecule has 0 aliphatic carbocycles. The van der Waals surface area contributed by atoms with Crippen LogP contribution in [0, 0.1) is 5.82 Å². The summed E-state index contributed by atoms with van der Waals surface area (Å²) in [4.78, 5) is 15.5. The zero-order chi connectivity index (χ0) is 17.3. The number of benzene rings is 1. The monoisotopic (exact) mass is 383 g/mol. The van der Waals surface area contributed by atoms with E-state index in [0.29, 0.717) is 11.8 Å². The predicted octanol–water partition coefficient (Wildman–Crippen LogP) is 2.17. The van der Waals surface area contributed by atoms with Gasteiger partial charge in [-0.15, -0.1) is 22.7 Å². The van der Waals surface area contributed by atoms with Gasteiger partial charge in [-0.25, -0.2) is 17.8 Å². The summed E-state index contributed by atoms with van der Waals surface area (Å²) in [6.45, 7) is 0. The van der Waals surface area contributed by atoms with E-state index in [1.165, 1.54) is 11.3 Å². The average Bonchev–Trinajstić information content (AvgIpc) is 3.17. The lowest BCUT2D eigenvalue weighted by Gasteiger charge is -2.09. The van der Waals surface area contributed by atoms with E-state index in [0.717, 1.165) is 28.3 Å². The van der Waals surface area contributed by atoms with E-state index >= 15 is 0 Å². The lowest BCUT2D eigenvalue weighted by molar-refractivity contribution is -0.255. The predicted molar refractivity (Wildman–Crippen MR) is 87.0 cm³/mol. The van der Waals surface area contributed by atoms with Crippen LogP contribution < -0.4 is 9.83 Å². The Morgan fingerprint density at radius 3 is 2.71 bits per heavy atom. The highest BCUT2D eigenvalue weighted by Gasteiger charge is 2.19. The normalized spacial score (nSPS) is 11.4. The lowest BCUT2D eigenvalue weighted by atomic mass is 10.2. The third-order valence-electron chi connectivity index (χ3n) is 2.97. The summed E-state index contributed by atoms with van der Waals surface area (Å²) in [5, 5.41) is 14.5. The summed E-state index contributed by atoms with van der Waals surface area (Å²) in [6, 6.07) is 6.14. The first-order valence-electron chi connectivity index (χ1n) is 6.40. The number of carboxylic acids is 1. The molecule has 3 rings (SSSR count). The Labute approximate surface area is 144 Å². The van der Waals surface area contributed by atoms with Gasteiger partial charge in [-0.3, -0.25) is 4.72 Å². The second-order valence-corrected chi connectivity index (χ2v) is 8.04. The number of rotatable bonds is 5. The molecule has 0 bridgehead atoms. The SMILES string of the molecule is O=C([O-])c1cc(S(=O)(=O)Nc2nc(-c3cccs3)cs2)ccc1F. The Hall–Kier alpha value is -2.30. The van der Waals surface area contributed by atoms with Crippen LogP contribution in [-0.2, 0) is 10.0 Å². The van der Waals surface area contributed by atoms with Gasteiger partial charge < -0.3 is 9.90 Å². The standard InChI is InChI=1S/C14H9FN2O4S3/c15-10-4-3-8(6-9(10)13(18)19)24(20,21)17-14-16-11(7-23-14)12-2-1-5-22-12/h1-7H,(H,16,17)(H,18,19)/p-1. The van der Waals surface area contributed by atoms with E-state index in [1.807, 2.05) is 17.5 Å². The maximum absolute atomic E-state index is 13.4. The van der Waals surface area contributed by atoms with Crippen LogP contribution in [0.25, 0.3) is 10.6 Å². The summed E-state index contributed by atoms with van der Waals surface area (Å²) in [5.74, 6) is -2.86. The van der Waals surface area contributed by atoms with Crippen LogP contribution in [0.15, 0.2) is 46.0 Å². The average molecular weight is 383 g/mol. The Balaban J connectivity index is 1.89. The number of hydrogen-bond acceptors (Lipinski definition) is 7. The van der Waals surface area contributed by atoms with Crippen molar-refractivity contribution < 1.29 is 22.7 Å². The number of thiazole rings is 1. The molecule has 0 fully saturated rings. The number of sulfonamides is 1. The third-order valence-corrected chi connectivity index (χ3v) is 6.08. The molecule has 0 atom stereocenters. The zero-order valence-corrected chi connectivity index (χ0v) is 14.2. The Morgan fingerprint density at radius 1 is 1.25 bits per heavy atom. The Kier molecular flexibility index (Phi) is 4.35. The van der Waals surface area contributed by atoms with Crippen molar-refractivity contribution in [2.75, 3.05) is 4.72 Å². The fraction of sp³-hybridized carbons (Fsp3) is 0. The summed E-state index contributed by atoms with van der Waals surface area (Å²) in [5.41, 5.74) is -0.196. The molecule has 2 heterocycles. The molecule has 0 aliphatic heterocycles. The van der Waals surface area contributed by atoms with Gasteiger partial charge in [-0.2, -0.15) is 0 Å². The molecule has 124 valence electrons. The second-order valence-electron chi connectivity index (χ2n) is 4.55. The van der Waals surface area contributed by atoms with Gasteiger partial charge in [-0.1, -0.05) is 6.07 Å². The number of thiophene rings is 1. The quantitative estimate of drug-likeness (QED) is 0.728. The minimum absolute atomic E-state index is 0.123. The number of aromatic nitrogens is 1. The summed E-state index contributed by atoms with van der Waals surface area (Å²) in [6.07, 6.45) is 0. The fourth-order valence-electron chi connectivity index (χ4n) is 1.86. The van der Waals surface area contributed by atoms with E-state index in [1.54, 1.807) is 5.38 Å². The third kappa shape index (κ3) is 3.30. The number of carbonyl (C=O) groups excluding carboxylic acids is 1. The van der Waals surface area contributed by atoms with Crippen molar-refractivity contribution in [1.29, 1.82) is 0 Å². The first kappa shape index (κ1) is 16.6. The van der Waals surface area contributed by atoms with Crippen molar-refractivity contribution in [2.45, 2.75) is 4.90 Å². The fourth-order valence-corrected chi connectivity index (χ4v) is 4.61. The van der Waals surface area contributed by atoms with Crippen LogP contribution in [-0.4, -0.2) is 19.4 Å². The molecule has 0 unspecified atom stereocenters. The molecule has 0 radical (unpaired) electrons. The molecule has 0 saturated carbocycles. The molecule has 0 spiro atoms. The maximum Gasteiger partial charge on any atom is 0.263 e. The number of carboxylic acid groups (broad SMARTS) is 1. The van der Waals surface area contributed by atoms with Crippen LogP contribution in [0.3, 0.4) is 0 Å². The number of nitrogens with zero attached hydrogens (tertiary/aromatic N) is 1. The van der Waals surface area contributed by atoms with Crippen molar-refractivity contribution in [1.82, 2.24) is 4.98 Å². The number of aromatic carboxylic acids is 1. The van der Waals surface area contributed by atoms with E-state index in [-0.39, 0.29) is 5.13 Å². The lowest BCUT2D eigenvalue weighted by Crippen LogP contribution is -2.24. The molecular formula is C14H8FN2O4S3-. The first-order valence-corrected chi connectivity index (χ1v) is 9.64. The van der Waals surface area contributed by atoms with Crippen molar-refractivity contribution in [3.05, 3.63) is 52.5 Å². The van der Waals surface area contributed by atoms with Gasteiger partial charge in [0.15, 0.2) is 5.13 Å². The molecule has 3 aromatic rings. The van der Waals surface area contributed by atoms with Crippen LogP contribution in [0.4, 0.5) is 9.52 Å². The van der Waals surface area contributed by atoms with Gasteiger partial charge >= 0.3 is 0 Å². The van der Waals surface area contributed by atoms with Crippen LogP contribution >= 0.6 is 22.7 Å². The summed E-state index contributed by atoms with van der Waals surface area (Å²) >= 11 is 2.55. The number of anilines is 1. The van der Waals surface area contributed by atoms with Crippen molar-refractivity contribution >= 4 is 43.8 Å². The minimum atomic E-state index is -4.10. The van der Waals surface area contributed by atoms with Gasteiger partial charge in [0.05, 0.1) is 21.4 Å². The number of hydrogen-bond donors (Lipinski definition) is 1. The smallest absolute Gasteiger partial charge is 0.263 e. The molecular weight excluding hydrogens is 375 g/mol. The van der Waals surface area contributed by atoms with Gasteiger partial charge in [-0.05, 0) is 29.6 Å². The molecule has 24 heavy (non-hydrogen) atoms. The number of carbonyl (C=O) groups is 1. The second kappa shape index (κ2) is 6.30. The van der Waals surface area contributed by atoms with Crippen LogP contribution in [0.2, 0.25) is 0 Å². The van der Waals surface area contributed by atoms with Gasteiger partial charge in [0.25, 0.3) is 10.0 Å².